The molecule has 0 saturated carbocycles. The molecule has 162 valence electrons. The summed E-state index contributed by atoms with van der Waals surface area (Å²) in [7, 11) is 0. The molecule has 2 fully saturated rings. The predicted octanol–water partition coefficient (Wildman–Crippen LogP) is 3.72. The molecule has 0 amide bonds. The Kier molecular flexibility index (Phi) is 5.94. The number of nitrogens with one attached hydrogen (secondary N) is 1. The SMILES string of the molecule is Nc1cc(C(F)(F)F)c(-c2cc(NC3CCOCC3)nc(N3CCCCC3)n2)cn1. The smallest absolute Gasteiger partial charge is 0.384 e. The minimum Gasteiger partial charge on any atom is -0.384 e. The molecule has 0 spiro atoms. The van der Waals surface area contributed by atoms with Crippen molar-refractivity contribution in [3.63, 3.8) is 0 Å². The number of aromatic nitrogens is 3. The topological polar surface area (TPSA) is 89.2 Å². The molecule has 2 aromatic heterocycles. The second kappa shape index (κ2) is 8.63. The lowest BCUT2D eigenvalue weighted by Crippen LogP contribution is -2.32. The van der Waals surface area contributed by atoms with Crippen LogP contribution < -0.4 is 16.0 Å². The Morgan fingerprint density at radius 3 is 2.50 bits per heavy atom. The van der Waals surface area contributed by atoms with Crippen molar-refractivity contribution < 1.29 is 17.9 Å². The zero-order valence-electron chi connectivity index (χ0n) is 16.6. The minimum absolute atomic E-state index is 0.104. The largest absolute Gasteiger partial charge is 0.417 e. The van der Waals surface area contributed by atoms with E-state index in [1.165, 1.54) is 0 Å². The third-order valence-corrected chi connectivity index (χ3v) is 5.43. The monoisotopic (exact) mass is 422 g/mol. The number of nitrogens with zero attached hydrogens (tertiary/aromatic N) is 4. The fourth-order valence-electron chi connectivity index (χ4n) is 3.84. The Hall–Kier alpha value is -2.62. The Bertz CT molecular complexity index is 879. The Labute approximate surface area is 172 Å². The van der Waals surface area contributed by atoms with E-state index in [0.29, 0.717) is 25.0 Å². The van der Waals surface area contributed by atoms with Crippen molar-refractivity contribution in [2.75, 3.05) is 42.3 Å². The summed E-state index contributed by atoms with van der Waals surface area (Å²) in [6, 6.07) is 2.57. The van der Waals surface area contributed by atoms with Crippen molar-refractivity contribution in [2.24, 2.45) is 0 Å². The third-order valence-electron chi connectivity index (χ3n) is 5.43. The fraction of sp³-hybridized carbons (Fsp3) is 0.550. The third kappa shape index (κ3) is 4.75. The van der Waals surface area contributed by atoms with Crippen LogP contribution in [0.3, 0.4) is 0 Å². The van der Waals surface area contributed by atoms with Crippen molar-refractivity contribution in [1.82, 2.24) is 15.0 Å². The van der Waals surface area contributed by atoms with E-state index in [2.05, 4.69) is 20.3 Å². The normalized spacial score (nSPS) is 18.4. The molecule has 0 aromatic carbocycles. The Morgan fingerprint density at radius 1 is 1.07 bits per heavy atom. The van der Waals surface area contributed by atoms with Crippen molar-refractivity contribution in [3.05, 3.63) is 23.9 Å². The second-order valence-electron chi connectivity index (χ2n) is 7.67. The number of ether oxygens (including phenoxy) is 1. The maximum absolute atomic E-state index is 13.7. The van der Waals surface area contributed by atoms with Gasteiger partial charge >= 0.3 is 6.18 Å². The fourth-order valence-corrected chi connectivity index (χ4v) is 3.84. The summed E-state index contributed by atoms with van der Waals surface area (Å²) in [5, 5.41) is 3.36. The zero-order valence-corrected chi connectivity index (χ0v) is 16.6. The Balaban J connectivity index is 1.75. The van der Waals surface area contributed by atoms with E-state index >= 15 is 0 Å². The summed E-state index contributed by atoms with van der Waals surface area (Å²) >= 11 is 0. The van der Waals surface area contributed by atoms with Crippen LogP contribution in [0.1, 0.15) is 37.7 Å². The number of hydrogen-bond acceptors (Lipinski definition) is 7. The van der Waals surface area contributed by atoms with Crippen LogP contribution in [0, 0.1) is 0 Å². The second-order valence-corrected chi connectivity index (χ2v) is 7.67. The lowest BCUT2D eigenvalue weighted by Gasteiger charge is -2.28. The van der Waals surface area contributed by atoms with E-state index in [9.17, 15) is 13.2 Å². The summed E-state index contributed by atoms with van der Waals surface area (Å²) in [5.74, 6) is 0.765. The highest BCUT2D eigenvalue weighted by Gasteiger charge is 2.35. The molecule has 3 N–H and O–H groups in total. The number of nitrogen functional groups attached to an aromatic ring is 1. The number of hydrogen-bond donors (Lipinski definition) is 2. The molecule has 10 heteroatoms. The maximum atomic E-state index is 13.7. The van der Waals surface area contributed by atoms with E-state index in [0.717, 1.165) is 57.5 Å². The van der Waals surface area contributed by atoms with Crippen molar-refractivity contribution >= 4 is 17.6 Å². The number of pyridine rings is 1. The molecule has 2 saturated heterocycles. The molecule has 0 bridgehead atoms. The average Bonchev–Trinajstić information content (AvgIpc) is 2.74. The van der Waals surface area contributed by atoms with Gasteiger partial charge in [0.25, 0.3) is 0 Å². The van der Waals surface area contributed by atoms with Crippen LogP contribution in [0.5, 0.6) is 0 Å². The van der Waals surface area contributed by atoms with Gasteiger partial charge in [0.05, 0.1) is 11.3 Å². The molecule has 0 unspecified atom stereocenters. The van der Waals surface area contributed by atoms with Crippen LogP contribution in [0.25, 0.3) is 11.3 Å². The number of alkyl halides is 3. The van der Waals surface area contributed by atoms with Gasteiger partial charge < -0.3 is 20.7 Å². The molecule has 0 aliphatic carbocycles. The van der Waals surface area contributed by atoms with Gasteiger partial charge in [0.15, 0.2) is 0 Å². The van der Waals surface area contributed by atoms with Crippen molar-refractivity contribution in [1.29, 1.82) is 0 Å². The summed E-state index contributed by atoms with van der Waals surface area (Å²) in [6.07, 6.45) is 1.34. The van der Waals surface area contributed by atoms with Crippen LogP contribution in [-0.4, -0.2) is 47.3 Å². The average molecular weight is 422 g/mol. The van der Waals surface area contributed by atoms with Gasteiger partial charge in [-0.15, -0.1) is 0 Å². The van der Waals surface area contributed by atoms with Gasteiger partial charge in [0.2, 0.25) is 5.95 Å². The van der Waals surface area contributed by atoms with E-state index in [1.807, 2.05) is 4.90 Å². The molecular weight excluding hydrogens is 397 g/mol. The summed E-state index contributed by atoms with van der Waals surface area (Å²) in [5.41, 5.74) is 4.75. The number of piperidine rings is 1. The highest BCUT2D eigenvalue weighted by Crippen LogP contribution is 2.38. The lowest BCUT2D eigenvalue weighted by atomic mass is 10.1. The summed E-state index contributed by atoms with van der Waals surface area (Å²) in [4.78, 5) is 15.0. The van der Waals surface area contributed by atoms with Gasteiger partial charge in [0.1, 0.15) is 11.6 Å². The first-order valence-electron chi connectivity index (χ1n) is 10.2. The predicted molar refractivity (Wildman–Crippen MR) is 108 cm³/mol. The van der Waals surface area contributed by atoms with E-state index in [1.54, 1.807) is 6.07 Å². The minimum atomic E-state index is -4.57. The number of rotatable bonds is 4. The van der Waals surface area contributed by atoms with Gasteiger partial charge in [-0.1, -0.05) is 0 Å². The standard InChI is InChI=1S/C20H25F3N6O/c21-20(22,23)15-10-17(24)25-12-14(15)16-11-18(26-13-4-8-30-9-5-13)28-19(27-16)29-6-2-1-3-7-29/h10-13H,1-9H2,(H2,24,25)(H,26,27,28). The lowest BCUT2D eigenvalue weighted by molar-refractivity contribution is -0.137. The van der Waals surface area contributed by atoms with Crippen LogP contribution in [0.2, 0.25) is 0 Å². The molecule has 2 aliphatic rings. The molecule has 2 aliphatic heterocycles. The van der Waals surface area contributed by atoms with Gasteiger partial charge in [-0.3, -0.25) is 0 Å². The van der Waals surface area contributed by atoms with Crippen molar-refractivity contribution in [3.8, 4) is 11.3 Å². The summed E-state index contributed by atoms with van der Waals surface area (Å²) in [6.45, 7) is 2.86. The van der Waals surface area contributed by atoms with Gasteiger partial charge in [-0.2, -0.15) is 18.2 Å². The molecule has 0 atom stereocenters. The number of nitrogens with two attached hydrogens (primary N) is 1. The van der Waals surface area contributed by atoms with E-state index in [4.69, 9.17) is 10.5 Å². The maximum Gasteiger partial charge on any atom is 0.417 e. The van der Waals surface area contributed by atoms with E-state index in [-0.39, 0.29) is 23.1 Å². The molecule has 7 nitrogen and oxygen atoms in total. The van der Waals surface area contributed by atoms with Gasteiger partial charge in [-0.25, -0.2) is 9.97 Å². The quantitative estimate of drug-likeness (QED) is 0.776. The van der Waals surface area contributed by atoms with Gasteiger partial charge in [-0.05, 0) is 38.2 Å². The summed E-state index contributed by atoms with van der Waals surface area (Å²) < 4.78 is 46.4. The molecule has 4 rings (SSSR count). The number of halogens is 3. The van der Waals surface area contributed by atoms with Crippen LogP contribution in [-0.2, 0) is 10.9 Å². The molecule has 30 heavy (non-hydrogen) atoms. The molecule has 4 heterocycles. The first-order valence-corrected chi connectivity index (χ1v) is 10.2. The molecule has 0 radical (unpaired) electrons. The van der Waals surface area contributed by atoms with E-state index < -0.39 is 11.7 Å². The number of anilines is 3. The van der Waals surface area contributed by atoms with Crippen LogP contribution in [0.15, 0.2) is 18.3 Å². The van der Waals surface area contributed by atoms with Gasteiger partial charge in [0, 0.05) is 50.2 Å². The molecular formula is C20H25F3N6O. The first-order chi connectivity index (χ1) is 14.4. The highest BCUT2D eigenvalue weighted by atomic mass is 19.4. The van der Waals surface area contributed by atoms with Crippen LogP contribution in [0.4, 0.5) is 30.8 Å². The Morgan fingerprint density at radius 2 is 1.80 bits per heavy atom. The van der Waals surface area contributed by atoms with Crippen molar-refractivity contribution in [2.45, 2.75) is 44.3 Å². The highest BCUT2D eigenvalue weighted by molar-refractivity contribution is 5.69. The zero-order chi connectivity index (χ0) is 21.1. The van der Waals surface area contributed by atoms with Crippen LogP contribution >= 0.6 is 0 Å². The molecule has 2 aromatic rings. The first kappa shape index (κ1) is 20.6.